The Kier molecular flexibility index (Phi) is 6.56. The van der Waals surface area contributed by atoms with Gasteiger partial charge in [-0.2, -0.15) is 0 Å². The van der Waals surface area contributed by atoms with Crippen molar-refractivity contribution in [1.29, 1.82) is 0 Å². The number of benzene rings is 1. The van der Waals surface area contributed by atoms with Crippen LogP contribution in [0.2, 0.25) is 0 Å². The van der Waals surface area contributed by atoms with Gasteiger partial charge in [-0.25, -0.2) is 0 Å². The molecular weight excluding hydrogens is 426 g/mol. The minimum Gasteiger partial charge on any atom is -0.454 e. The molecule has 2 aliphatic heterocycles. The summed E-state index contributed by atoms with van der Waals surface area (Å²) in [5.41, 5.74) is 2.21. The van der Waals surface area contributed by atoms with E-state index in [4.69, 9.17) is 14.2 Å². The summed E-state index contributed by atoms with van der Waals surface area (Å²) in [5, 5.41) is 9.96. The van der Waals surface area contributed by atoms with Crippen LogP contribution >= 0.6 is 11.8 Å². The first-order valence-electron chi connectivity index (χ1n) is 10.9. The molecule has 2 aliphatic rings. The topological polar surface area (TPSA) is 74.5 Å². The maximum atomic E-state index is 5.90. The molecule has 32 heavy (non-hydrogen) atoms. The van der Waals surface area contributed by atoms with Crippen molar-refractivity contribution in [1.82, 2.24) is 24.6 Å². The zero-order valence-electron chi connectivity index (χ0n) is 18.1. The molecule has 1 saturated heterocycles. The number of fused-ring (bicyclic) bond motifs is 1. The van der Waals surface area contributed by atoms with E-state index in [0.717, 1.165) is 66.5 Å². The SMILES string of the molecule is CN(Cc1ccc2c(c1)OCO2)Cc1nnc(SCc2ccccn2)n1CC1CCCO1. The third-order valence-electron chi connectivity index (χ3n) is 5.58. The molecule has 0 amide bonds. The third-order valence-corrected chi connectivity index (χ3v) is 6.58. The molecule has 1 aromatic carbocycles. The van der Waals surface area contributed by atoms with E-state index in [9.17, 15) is 0 Å². The van der Waals surface area contributed by atoms with Gasteiger partial charge < -0.3 is 18.8 Å². The van der Waals surface area contributed by atoms with Crippen molar-refractivity contribution < 1.29 is 14.2 Å². The number of ether oxygens (including phenoxy) is 3. The van der Waals surface area contributed by atoms with Gasteiger partial charge in [0.1, 0.15) is 5.82 Å². The molecule has 3 aromatic rings. The molecular formula is C23H27N5O3S. The van der Waals surface area contributed by atoms with Gasteiger partial charge in [-0.05, 0) is 49.7 Å². The van der Waals surface area contributed by atoms with Crippen LogP contribution in [-0.4, -0.2) is 51.2 Å². The Morgan fingerprint density at radius 3 is 2.91 bits per heavy atom. The van der Waals surface area contributed by atoms with Gasteiger partial charge in [-0.3, -0.25) is 9.88 Å². The third kappa shape index (κ3) is 5.06. The fourth-order valence-electron chi connectivity index (χ4n) is 3.99. The van der Waals surface area contributed by atoms with Crippen LogP contribution in [0.1, 0.15) is 29.9 Å². The summed E-state index contributed by atoms with van der Waals surface area (Å²) in [4.78, 5) is 6.66. The van der Waals surface area contributed by atoms with Crippen LogP contribution in [0, 0.1) is 0 Å². The second-order valence-corrected chi connectivity index (χ2v) is 9.06. The lowest BCUT2D eigenvalue weighted by Crippen LogP contribution is -2.23. The highest BCUT2D eigenvalue weighted by Crippen LogP contribution is 2.33. The van der Waals surface area contributed by atoms with Crippen molar-refractivity contribution in [2.75, 3.05) is 20.4 Å². The van der Waals surface area contributed by atoms with Gasteiger partial charge in [-0.15, -0.1) is 10.2 Å². The smallest absolute Gasteiger partial charge is 0.231 e. The van der Waals surface area contributed by atoms with Crippen molar-refractivity contribution in [2.45, 2.75) is 49.5 Å². The van der Waals surface area contributed by atoms with Gasteiger partial charge in [0.25, 0.3) is 0 Å². The highest BCUT2D eigenvalue weighted by Gasteiger charge is 2.22. The number of pyridine rings is 1. The monoisotopic (exact) mass is 453 g/mol. The van der Waals surface area contributed by atoms with Crippen LogP contribution in [0.15, 0.2) is 47.8 Å². The van der Waals surface area contributed by atoms with Crippen LogP contribution < -0.4 is 9.47 Å². The molecule has 0 saturated carbocycles. The lowest BCUT2D eigenvalue weighted by Gasteiger charge is -2.19. The molecule has 9 heteroatoms. The minimum atomic E-state index is 0.220. The predicted octanol–water partition coefficient (Wildman–Crippen LogP) is 3.51. The van der Waals surface area contributed by atoms with Crippen molar-refractivity contribution >= 4 is 11.8 Å². The molecule has 1 atom stereocenters. The van der Waals surface area contributed by atoms with E-state index in [1.165, 1.54) is 5.56 Å². The summed E-state index contributed by atoms with van der Waals surface area (Å²) >= 11 is 1.67. The average Bonchev–Trinajstić information content (AvgIpc) is 3.56. The van der Waals surface area contributed by atoms with E-state index in [0.29, 0.717) is 13.3 Å². The predicted molar refractivity (Wildman–Crippen MR) is 121 cm³/mol. The second kappa shape index (κ2) is 9.89. The van der Waals surface area contributed by atoms with Gasteiger partial charge in [0, 0.05) is 25.1 Å². The molecule has 0 spiro atoms. The number of hydrogen-bond donors (Lipinski definition) is 0. The van der Waals surface area contributed by atoms with E-state index in [-0.39, 0.29) is 6.10 Å². The fourth-order valence-corrected chi connectivity index (χ4v) is 4.87. The summed E-state index contributed by atoms with van der Waals surface area (Å²) in [7, 11) is 2.09. The molecule has 0 radical (unpaired) electrons. The molecule has 0 aliphatic carbocycles. The van der Waals surface area contributed by atoms with E-state index >= 15 is 0 Å². The zero-order valence-corrected chi connectivity index (χ0v) is 19.0. The lowest BCUT2D eigenvalue weighted by molar-refractivity contribution is 0.0934. The molecule has 2 aromatic heterocycles. The number of nitrogens with zero attached hydrogens (tertiary/aromatic N) is 5. The van der Waals surface area contributed by atoms with E-state index in [1.807, 2.05) is 36.5 Å². The summed E-state index contributed by atoms with van der Waals surface area (Å²) < 4.78 is 19.1. The Balaban J connectivity index is 1.28. The Morgan fingerprint density at radius 1 is 1.12 bits per heavy atom. The summed E-state index contributed by atoms with van der Waals surface area (Å²) in [6.45, 7) is 3.38. The largest absolute Gasteiger partial charge is 0.454 e. The summed E-state index contributed by atoms with van der Waals surface area (Å²) in [5.74, 6) is 3.33. The van der Waals surface area contributed by atoms with Gasteiger partial charge in [-0.1, -0.05) is 23.9 Å². The first-order chi connectivity index (χ1) is 15.7. The van der Waals surface area contributed by atoms with Crippen molar-refractivity contribution in [3.8, 4) is 11.5 Å². The van der Waals surface area contributed by atoms with Crippen molar-refractivity contribution in [3.05, 3.63) is 59.7 Å². The first kappa shape index (κ1) is 21.2. The number of hydrogen-bond acceptors (Lipinski definition) is 8. The van der Waals surface area contributed by atoms with Crippen molar-refractivity contribution in [3.63, 3.8) is 0 Å². The molecule has 1 unspecified atom stereocenters. The van der Waals surface area contributed by atoms with Crippen LogP contribution in [-0.2, 0) is 30.1 Å². The molecule has 5 rings (SSSR count). The second-order valence-electron chi connectivity index (χ2n) is 8.11. The molecule has 0 bridgehead atoms. The standard InChI is InChI=1S/C23H27N5O3S/c1-27(12-17-7-8-20-21(11-17)31-16-30-20)14-22-25-26-23(28(22)13-19-6-4-10-29-19)32-15-18-5-2-3-9-24-18/h2-3,5,7-9,11,19H,4,6,10,12-16H2,1H3. The molecule has 1 fully saturated rings. The molecule has 8 nitrogen and oxygen atoms in total. The Labute approximate surface area is 191 Å². The van der Waals surface area contributed by atoms with Crippen LogP contribution in [0.25, 0.3) is 0 Å². The Morgan fingerprint density at radius 2 is 2.06 bits per heavy atom. The maximum Gasteiger partial charge on any atom is 0.231 e. The quantitative estimate of drug-likeness (QED) is 0.456. The minimum absolute atomic E-state index is 0.220. The number of rotatable bonds is 9. The van der Waals surface area contributed by atoms with Crippen molar-refractivity contribution in [2.24, 2.45) is 0 Å². The highest BCUT2D eigenvalue weighted by molar-refractivity contribution is 7.98. The highest BCUT2D eigenvalue weighted by atomic mass is 32.2. The van der Waals surface area contributed by atoms with Gasteiger partial charge >= 0.3 is 0 Å². The summed E-state index contributed by atoms with van der Waals surface area (Å²) in [6.07, 6.45) is 4.24. The Bertz CT molecular complexity index is 1040. The summed E-state index contributed by atoms with van der Waals surface area (Å²) in [6, 6.07) is 12.1. The fraction of sp³-hybridized carbons (Fsp3) is 0.435. The zero-order chi connectivity index (χ0) is 21.8. The van der Waals surface area contributed by atoms with Gasteiger partial charge in [0.05, 0.1) is 24.9 Å². The lowest BCUT2D eigenvalue weighted by atomic mass is 10.2. The van der Waals surface area contributed by atoms with Crippen LogP contribution in [0.4, 0.5) is 0 Å². The average molecular weight is 454 g/mol. The van der Waals surface area contributed by atoms with Gasteiger partial charge in [0.15, 0.2) is 16.7 Å². The van der Waals surface area contributed by atoms with E-state index < -0.39 is 0 Å². The molecule has 168 valence electrons. The van der Waals surface area contributed by atoms with Crippen LogP contribution in [0.3, 0.4) is 0 Å². The van der Waals surface area contributed by atoms with E-state index in [1.54, 1.807) is 11.8 Å². The first-order valence-corrected chi connectivity index (χ1v) is 11.9. The molecule has 0 N–H and O–H groups in total. The number of thioether (sulfide) groups is 1. The maximum absolute atomic E-state index is 5.90. The normalized spacial score (nSPS) is 17.4. The Hall–Kier alpha value is -2.62. The van der Waals surface area contributed by atoms with Crippen LogP contribution in [0.5, 0.6) is 11.5 Å². The van der Waals surface area contributed by atoms with Gasteiger partial charge in [0.2, 0.25) is 6.79 Å². The molecule has 4 heterocycles. The van der Waals surface area contributed by atoms with E-state index in [2.05, 4.69) is 37.8 Å². The number of aromatic nitrogens is 4.